The zero-order valence-corrected chi connectivity index (χ0v) is 29.2. The lowest BCUT2D eigenvalue weighted by molar-refractivity contribution is 1.30. The zero-order chi connectivity index (χ0) is 32.8. The molecule has 0 N–H and O–H groups in total. The van der Waals surface area contributed by atoms with Gasteiger partial charge in [-0.3, -0.25) is 0 Å². The number of hydrogen-bond acceptors (Lipinski definition) is 4. The smallest absolute Gasteiger partial charge is 0.0476 e. The van der Waals surface area contributed by atoms with E-state index in [1.165, 1.54) is 82.4 Å². The Morgan fingerprint density at radius 2 is 0.800 bits per heavy atom. The summed E-state index contributed by atoms with van der Waals surface area (Å²) < 4.78 is 8.05. The summed E-state index contributed by atoms with van der Waals surface area (Å²) in [6, 6.07) is 60.3. The molecule has 0 radical (unpaired) electrons. The number of anilines is 3. The summed E-state index contributed by atoms with van der Waals surface area (Å²) >= 11 is 5.72. The molecule has 0 saturated carbocycles. The summed E-state index contributed by atoms with van der Waals surface area (Å²) in [5.41, 5.74) is 5.90. The van der Waals surface area contributed by atoms with Crippen molar-refractivity contribution in [1.29, 1.82) is 0 Å². The molecule has 8 aromatic carbocycles. The molecule has 3 aromatic heterocycles. The standard InChI is InChI=1S/C46H27NS3/c1-2-10-28(11-3-1)29-18-20-30(21-19-29)47(31-22-24-34-33-12-6-8-16-39(33)48-41(34)26-31)32-23-25-38-42(27-32)50-46-43(38)35-13-4-5-14-36(35)45-44(46)37-15-7-9-17-40(37)49-45/h1-27H. The molecule has 0 aliphatic heterocycles. The van der Waals surface area contributed by atoms with Crippen molar-refractivity contribution in [3.8, 4) is 11.1 Å². The Balaban J connectivity index is 1.15. The van der Waals surface area contributed by atoms with Gasteiger partial charge in [0.2, 0.25) is 0 Å². The van der Waals surface area contributed by atoms with Crippen LogP contribution in [-0.4, -0.2) is 0 Å². The van der Waals surface area contributed by atoms with Crippen molar-refractivity contribution in [3.63, 3.8) is 0 Å². The monoisotopic (exact) mass is 689 g/mol. The second kappa shape index (κ2) is 11.0. The number of rotatable bonds is 4. The first-order valence-corrected chi connectivity index (χ1v) is 19.3. The Morgan fingerprint density at radius 3 is 1.56 bits per heavy atom. The van der Waals surface area contributed by atoms with E-state index in [2.05, 4.69) is 169 Å². The minimum Gasteiger partial charge on any atom is -0.310 e. The molecular formula is C46H27NS3. The van der Waals surface area contributed by atoms with E-state index in [-0.39, 0.29) is 0 Å². The van der Waals surface area contributed by atoms with Gasteiger partial charge in [-0.05, 0) is 65.0 Å². The van der Waals surface area contributed by atoms with Crippen molar-refractivity contribution in [2.24, 2.45) is 0 Å². The average Bonchev–Trinajstić information content (AvgIpc) is 3.87. The fourth-order valence-corrected chi connectivity index (χ4v) is 11.5. The zero-order valence-electron chi connectivity index (χ0n) is 26.8. The van der Waals surface area contributed by atoms with E-state index in [4.69, 9.17) is 0 Å². The number of hydrogen-bond donors (Lipinski definition) is 0. The van der Waals surface area contributed by atoms with Crippen LogP contribution in [0.4, 0.5) is 17.1 Å². The van der Waals surface area contributed by atoms with Gasteiger partial charge >= 0.3 is 0 Å². The van der Waals surface area contributed by atoms with Gasteiger partial charge in [-0.2, -0.15) is 0 Å². The Bertz CT molecular complexity index is 3090. The molecule has 50 heavy (non-hydrogen) atoms. The van der Waals surface area contributed by atoms with Crippen molar-refractivity contribution in [2.75, 3.05) is 4.90 Å². The van der Waals surface area contributed by atoms with Gasteiger partial charge in [-0.1, -0.05) is 115 Å². The Kier molecular flexibility index (Phi) is 6.23. The predicted octanol–water partition coefficient (Wildman–Crippen LogP) is 15.1. The van der Waals surface area contributed by atoms with Crippen LogP contribution in [0.25, 0.3) is 82.4 Å². The van der Waals surface area contributed by atoms with Crippen LogP contribution >= 0.6 is 34.0 Å². The molecule has 0 atom stereocenters. The third kappa shape index (κ3) is 4.23. The lowest BCUT2D eigenvalue weighted by Gasteiger charge is -2.26. The highest BCUT2D eigenvalue weighted by Crippen LogP contribution is 2.50. The topological polar surface area (TPSA) is 3.24 Å². The Labute approximate surface area is 300 Å². The maximum atomic E-state index is 2.43. The number of thiophene rings is 3. The van der Waals surface area contributed by atoms with E-state index in [0.717, 1.165) is 17.1 Å². The molecule has 234 valence electrons. The van der Waals surface area contributed by atoms with Crippen LogP contribution in [0.2, 0.25) is 0 Å². The minimum atomic E-state index is 1.14. The molecule has 0 saturated heterocycles. The molecule has 0 aliphatic carbocycles. The van der Waals surface area contributed by atoms with Crippen LogP contribution in [0.15, 0.2) is 164 Å². The molecule has 1 nitrogen and oxygen atoms in total. The summed E-state index contributed by atoms with van der Waals surface area (Å²) in [6.45, 7) is 0. The van der Waals surface area contributed by atoms with Gasteiger partial charge in [-0.15, -0.1) is 34.0 Å². The van der Waals surface area contributed by atoms with E-state index in [0.29, 0.717) is 0 Å². The van der Waals surface area contributed by atoms with E-state index < -0.39 is 0 Å². The average molecular weight is 690 g/mol. The Hall–Kier alpha value is -5.52. The van der Waals surface area contributed by atoms with Gasteiger partial charge in [-0.25, -0.2) is 0 Å². The molecule has 11 aromatic rings. The molecule has 0 bridgehead atoms. The van der Waals surface area contributed by atoms with Gasteiger partial charge in [0, 0.05) is 83.0 Å². The highest BCUT2D eigenvalue weighted by Gasteiger charge is 2.20. The first kappa shape index (κ1) is 28.3. The van der Waals surface area contributed by atoms with Crippen molar-refractivity contribution < 1.29 is 0 Å². The summed E-state index contributed by atoms with van der Waals surface area (Å²) in [5.74, 6) is 0. The fraction of sp³-hybridized carbons (Fsp3) is 0. The largest absolute Gasteiger partial charge is 0.310 e. The van der Waals surface area contributed by atoms with Crippen molar-refractivity contribution in [2.45, 2.75) is 0 Å². The lowest BCUT2D eigenvalue weighted by atomic mass is 10.00. The summed E-state index contributed by atoms with van der Waals surface area (Å²) in [7, 11) is 0. The van der Waals surface area contributed by atoms with Gasteiger partial charge in [0.05, 0.1) is 0 Å². The van der Waals surface area contributed by atoms with Crippen LogP contribution in [0.5, 0.6) is 0 Å². The van der Waals surface area contributed by atoms with Crippen LogP contribution in [0.3, 0.4) is 0 Å². The number of fused-ring (bicyclic) bond motifs is 13. The number of benzene rings is 8. The second-order valence-corrected chi connectivity index (χ2v) is 16.0. The Morgan fingerprint density at radius 1 is 0.300 bits per heavy atom. The molecule has 4 heteroatoms. The summed E-state index contributed by atoms with van der Waals surface area (Å²) in [6.07, 6.45) is 0. The predicted molar refractivity (Wildman–Crippen MR) is 223 cm³/mol. The number of nitrogens with zero attached hydrogens (tertiary/aromatic N) is 1. The lowest BCUT2D eigenvalue weighted by Crippen LogP contribution is -2.09. The van der Waals surface area contributed by atoms with E-state index >= 15 is 0 Å². The maximum absolute atomic E-state index is 2.43. The molecular weight excluding hydrogens is 663 g/mol. The molecule has 0 unspecified atom stereocenters. The summed E-state index contributed by atoms with van der Waals surface area (Å²) in [4.78, 5) is 2.43. The van der Waals surface area contributed by atoms with Gasteiger partial charge in [0.1, 0.15) is 0 Å². The van der Waals surface area contributed by atoms with Gasteiger partial charge in [0.25, 0.3) is 0 Å². The van der Waals surface area contributed by atoms with Gasteiger partial charge in [0.15, 0.2) is 0 Å². The van der Waals surface area contributed by atoms with E-state index in [9.17, 15) is 0 Å². The highest BCUT2D eigenvalue weighted by atomic mass is 32.1. The second-order valence-electron chi connectivity index (χ2n) is 12.9. The van der Waals surface area contributed by atoms with Crippen LogP contribution in [0.1, 0.15) is 0 Å². The quantitative estimate of drug-likeness (QED) is 0.178. The van der Waals surface area contributed by atoms with E-state index in [1.54, 1.807) is 0 Å². The third-order valence-electron chi connectivity index (χ3n) is 10.0. The van der Waals surface area contributed by atoms with Crippen molar-refractivity contribution >= 4 is 122 Å². The SMILES string of the molecule is c1ccc(-c2ccc(N(c3ccc4c(c3)sc3ccccc34)c3ccc4c(c3)sc3c4c4ccccc4c4sc5ccccc5c43)cc2)cc1. The first-order valence-electron chi connectivity index (χ1n) is 16.8. The first-order chi connectivity index (χ1) is 24.8. The van der Waals surface area contributed by atoms with Crippen molar-refractivity contribution in [1.82, 2.24) is 0 Å². The van der Waals surface area contributed by atoms with Gasteiger partial charge < -0.3 is 4.90 Å². The van der Waals surface area contributed by atoms with Crippen LogP contribution in [-0.2, 0) is 0 Å². The molecule has 0 aliphatic rings. The van der Waals surface area contributed by atoms with Crippen LogP contribution < -0.4 is 4.90 Å². The molecule has 0 amide bonds. The molecule has 0 spiro atoms. The maximum Gasteiger partial charge on any atom is 0.0476 e. The molecule has 3 heterocycles. The fourth-order valence-electron chi connectivity index (χ4n) is 7.76. The highest BCUT2D eigenvalue weighted by molar-refractivity contribution is 7.30. The minimum absolute atomic E-state index is 1.14. The van der Waals surface area contributed by atoms with Crippen molar-refractivity contribution in [3.05, 3.63) is 164 Å². The summed E-state index contributed by atoms with van der Waals surface area (Å²) in [5, 5.41) is 10.8. The molecule has 11 rings (SSSR count). The van der Waals surface area contributed by atoms with Crippen LogP contribution in [0, 0.1) is 0 Å². The van der Waals surface area contributed by atoms with E-state index in [1.807, 2.05) is 34.0 Å². The molecule has 0 fully saturated rings. The third-order valence-corrected chi connectivity index (χ3v) is 13.6. The normalized spacial score (nSPS) is 12.0.